The number of nitrogens with zero attached hydrogens (tertiary/aromatic N) is 3. The normalized spacial score (nSPS) is 26.1. The largest absolute Gasteiger partial charge is 0.379 e. The molecule has 1 fully saturated rings. The molecule has 5 nitrogen and oxygen atoms in total. The van der Waals surface area contributed by atoms with Gasteiger partial charge in [-0.2, -0.15) is 0 Å². The Kier molecular flexibility index (Phi) is 3.77. The third-order valence-corrected chi connectivity index (χ3v) is 5.35. The number of aromatic nitrogens is 2. The Hall–Kier alpha value is -1.01. The summed E-state index contributed by atoms with van der Waals surface area (Å²) in [6.45, 7) is 8.44. The van der Waals surface area contributed by atoms with E-state index in [9.17, 15) is 4.21 Å². The average Bonchev–Trinajstić information content (AvgIpc) is 2.63. The highest BCUT2D eigenvalue weighted by atomic mass is 32.2. The van der Waals surface area contributed by atoms with Gasteiger partial charge in [0.1, 0.15) is 16.5 Å². The van der Waals surface area contributed by atoms with Crippen molar-refractivity contribution in [3.05, 3.63) is 11.5 Å². The van der Waals surface area contributed by atoms with Crippen LogP contribution in [0.4, 0.5) is 5.82 Å². The number of hydrogen-bond donors (Lipinski definition) is 0. The third-order valence-electron chi connectivity index (χ3n) is 3.81. The van der Waals surface area contributed by atoms with Crippen LogP contribution >= 0.6 is 0 Å². The first-order valence-corrected chi connectivity index (χ1v) is 8.51. The summed E-state index contributed by atoms with van der Waals surface area (Å²) in [5.74, 6) is 2.52. The molecule has 0 bridgehead atoms. The lowest BCUT2D eigenvalue weighted by molar-refractivity contribution is 0.138. The fourth-order valence-corrected chi connectivity index (χ4v) is 4.55. The number of anilines is 1. The maximum absolute atomic E-state index is 12.6. The monoisotopic (exact) mass is 295 g/mol. The van der Waals surface area contributed by atoms with Gasteiger partial charge in [0.25, 0.3) is 0 Å². The zero-order valence-corrected chi connectivity index (χ0v) is 13.1. The van der Waals surface area contributed by atoms with E-state index in [1.807, 2.05) is 6.92 Å². The van der Waals surface area contributed by atoms with Gasteiger partial charge in [-0.3, -0.25) is 4.21 Å². The summed E-state index contributed by atoms with van der Waals surface area (Å²) in [6.07, 6.45) is 0.989. The van der Waals surface area contributed by atoms with Crippen LogP contribution in [0.3, 0.4) is 0 Å². The summed E-state index contributed by atoms with van der Waals surface area (Å²) >= 11 is 0. The van der Waals surface area contributed by atoms with Gasteiger partial charge >= 0.3 is 0 Å². The van der Waals surface area contributed by atoms with Crippen LogP contribution in [0.25, 0.3) is 0 Å². The Morgan fingerprint density at radius 2 is 2.20 bits per heavy atom. The first-order chi connectivity index (χ1) is 9.58. The van der Waals surface area contributed by atoms with E-state index in [0.717, 1.165) is 41.8 Å². The highest BCUT2D eigenvalue weighted by Gasteiger charge is 2.35. The second-order valence-electron chi connectivity index (χ2n) is 5.75. The summed E-state index contributed by atoms with van der Waals surface area (Å²) in [4.78, 5) is 12.3. The van der Waals surface area contributed by atoms with Crippen LogP contribution < -0.4 is 4.90 Å². The molecule has 0 aliphatic carbocycles. The van der Waals surface area contributed by atoms with Crippen molar-refractivity contribution in [3.8, 4) is 0 Å². The van der Waals surface area contributed by atoms with Gasteiger partial charge in [0, 0.05) is 13.2 Å². The Morgan fingerprint density at radius 3 is 2.95 bits per heavy atom. The lowest BCUT2D eigenvalue weighted by Crippen LogP contribution is -2.46. The molecule has 1 saturated heterocycles. The van der Waals surface area contributed by atoms with E-state index in [4.69, 9.17) is 4.74 Å². The summed E-state index contributed by atoms with van der Waals surface area (Å²) < 4.78 is 18.3. The molecule has 1 aromatic rings. The van der Waals surface area contributed by atoms with Crippen molar-refractivity contribution in [1.82, 2.24) is 9.97 Å². The third kappa shape index (κ3) is 2.35. The van der Waals surface area contributed by atoms with Crippen molar-refractivity contribution >= 4 is 16.6 Å². The van der Waals surface area contributed by atoms with Gasteiger partial charge in [0.2, 0.25) is 0 Å². The Bertz CT molecular complexity index is 547. The van der Waals surface area contributed by atoms with E-state index in [1.165, 1.54) is 0 Å². The maximum Gasteiger partial charge on any atom is 0.149 e. The van der Waals surface area contributed by atoms with Crippen LogP contribution in [0.2, 0.25) is 0 Å². The summed E-state index contributed by atoms with van der Waals surface area (Å²) in [6, 6.07) is 0.181. The molecule has 0 N–H and O–H groups in total. The Morgan fingerprint density at radius 1 is 1.40 bits per heavy atom. The summed E-state index contributed by atoms with van der Waals surface area (Å²) in [5.41, 5.74) is 0.939. The van der Waals surface area contributed by atoms with E-state index < -0.39 is 10.8 Å². The van der Waals surface area contributed by atoms with Crippen LogP contribution in [0, 0.1) is 6.92 Å². The van der Waals surface area contributed by atoms with Gasteiger partial charge in [-0.1, -0.05) is 13.8 Å². The SMILES string of the molecule is Cc1nc(C(C)C)c2c(n1)N1CCCOCC1CS2=O. The second-order valence-corrected chi connectivity index (χ2v) is 7.18. The summed E-state index contributed by atoms with van der Waals surface area (Å²) in [7, 11) is -1.03. The van der Waals surface area contributed by atoms with Gasteiger partial charge < -0.3 is 9.64 Å². The van der Waals surface area contributed by atoms with Gasteiger partial charge in [-0.25, -0.2) is 9.97 Å². The molecular formula is C14H21N3O2S. The van der Waals surface area contributed by atoms with E-state index in [2.05, 4.69) is 28.7 Å². The van der Waals surface area contributed by atoms with Crippen LogP contribution in [0.15, 0.2) is 4.90 Å². The number of rotatable bonds is 1. The van der Waals surface area contributed by atoms with Gasteiger partial charge in [-0.05, 0) is 19.3 Å². The van der Waals surface area contributed by atoms with Crippen molar-refractivity contribution in [3.63, 3.8) is 0 Å². The molecule has 3 rings (SSSR count). The summed E-state index contributed by atoms with van der Waals surface area (Å²) in [5, 5.41) is 0. The van der Waals surface area contributed by atoms with Gasteiger partial charge in [-0.15, -0.1) is 0 Å². The Balaban J connectivity index is 2.14. The average molecular weight is 295 g/mol. The van der Waals surface area contributed by atoms with Gasteiger partial charge in [0.15, 0.2) is 0 Å². The smallest absolute Gasteiger partial charge is 0.149 e. The van der Waals surface area contributed by atoms with E-state index in [0.29, 0.717) is 12.4 Å². The number of ether oxygens (including phenoxy) is 1. The highest BCUT2D eigenvalue weighted by Crippen LogP contribution is 2.35. The number of hydrogen-bond acceptors (Lipinski definition) is 5. The van der Waals surface area contributed by atoms with Gasteiger partial charge in [0.05, 0.1) is 34.9 Å². The van der Waals surface area contributed by atoms with Crippen molar-refractivity contribution in [2.24, 2.45) is 0 Å². The quantitative estimate of drug-likeness (QED) is 0.788. The minimum atomic E-state index is -1.03. The van der Waals surface area contributed by atoms with Crippen molar-refractivity contribution in [2.75, 3.05) is 30.4 Å². The molecule has 110 valence electrons. The molecular weight excluding hydrogens is 274 g/mol. The molecule has 1 aromatic heterocycles. The van der Waals surface area contributed by atoms with Crippen LogP contribution in [0.1, 0.15) is 37.7 Å². The minimum absolute atomic E-state index is 0.181. The minimum Gasteiger partial charge on any atom is -0.379 e. The maximum atomic E-state index is 12.6. The molecule has 2 unspecified atom stereocenters. The topological polar surface area (TPSA) is 55.3 Å². The standard InChI is InChI=1S/C14H21N3O2S/c1-9(2)12-13-14(16-10(3)15-12)17-5-4-6-19-7-11(17)8-20(13)18/h9,11H,4-8H2,1-3H3. The molecule has 6 heteroatoms. The molecule has 20 heavy (non-hydrogen) atoms. The molecule has 2 aliphatic rings. The zero-order chi connectivity index (χ0) is 14.3. The molecule has 0 amide bonds. The number of fused-ring (bicyclic) bond motifs is 3. The van der Waals surface area contributed by atoms with Crippen molar-refractivity contribution in [2.45, 2.75) is 44.0 Å². The zero-order valence-electron chi connectivity index (χ0n) is 12.3. The highest BCUT2D eigenvalue weighted by molar-refractivity contribution is 7.85. The van der Waals surface area contributed by atoms with E-state index >= 15 is 0 Å². The molecule has 2 atom stereocenters. The molecule has 0 radical (unpaired) electrons. The first-order valence-electron chi connectivity index (χ1n) is 7.19. The molecule has 0 saturated carbocycles. The predicted molar refractivity (Wildman–Crippen MR) is 78.7 cm³/mol. The van der Waals surface area contributed by atoms with Crippen LogP contribution in [-0.4, -0.2) is 45.7 Å². The molecule has 2 aliphatic heterocycles. The molecule has 0 spiro atoms. The molecule has 3 heterocycles. The van der Waals surface area contributed by atoms with Crippen LogP contribution in [-0.2, 0) is 15.5 Å². The fourth-order valence-electron chi connectivity index (χ4n) is 2.88. The first kappa shape index (κ1) is 13.9. The second kappa shape index (κ2) is 5.41. The van der Waals surface area contributed by atoms with Crippen molar-refractivity contribution < 1.29 is 8.95 Å². The Labute approximate surface area is 122 Å². The lowest BCUT2D eigenvalue weighted by atomic mass is 10.1. The fraction of sp³-hybridized carbons (Fsp3) is 0.714. The van der Waals surface area contributed by atoms with E-state index in [1.54, 1.807) is 0 Å². The lowest BCUT2D eigenvalue weighted by Gasteiger charge is -2.36. The van der Waals surface area contributed by atoms with E-state index in [-0.39, 0.29) is 12.0 Å². The molecule has 0 aromatic carbocycles. The van der Waals surface area contributed by atoms with Crippen LogP contribution in [0.5, 0.6) is 0 Å². The predicted octanol–water partition coefficient (Wildman–Crippen LogP) is 1.62. The number of aryl methyl sites for hydroxylation is 1. The van der Waals surface area contributed by atoms with Crippen molar-refractivity contribution in [1.29, 1.82) is 0 Å².